The Balaban J connectivity index is 2.74. The first-order valence-corrected chi connectivity index (χ1v) is 6.41. The summed E-state index contributed by atoms with van der Waals surface area (Å²) in [5.41, 5.74) is 0. The molecular formula is C11H22O10. The molecule has 0 saturated carbocycles. The van der Waals surface area contributed by atoms with E-state index in [9.17, 15) is 25.5 Å². The maximum absolute atomic E-state index is 9.73. The molecule has 0 amide bonds. The second kappa shape index (κ2) is 8.29. The van der Waals surface area contributed by atoms with Crippen molar-refractivity contribution in [3.8, 4) is 0 Å². The fourth-order valence-electron chi connectivity index (χ4n) is 1.94. The van der Waals surface area contributed by atoms with Gasteiger partial charge < -0.3 is 50.3 Å². The van der Waals surface area contributed by atoms with Gasteiger partial charge in [0.25, 0.3) is 0 Å². The maximum Gasteiger partial charge on any atom is 0.187 e. The van der Waals surface area contributed by atoms with E-state index in [1.54, 1.807) is 0 Å². The van der Waals surface area contributed by atoms with E-state index in [1.165, 1.54) is 0 Å². The fourth-order valence-corrected chi connectivity index (χ4v) is 1.94. The van der Waals surface area contributed by atoms with Crippen LogP contribution in [-0.2, 0) is 9.47 Å². The summed E-state index contributed by atoms with van der Waals surface area (Å²) in [5.74, 6) is 0. The van der Waals surface area contributed by atoms with E-state index < -0.39 is 68.8 Å². The van der Waals surface area contributed by atoms with Gasteiger partial charge in [-0.1, -0.05) is 0 Å². The Kier molecular flexibility index (Phi) is 7.36. The van der Waals surface area contributed by atoms with Crippen LogP contribution in [0.4, 0.5) is 0 Å². The summed E-state index contributed by atoms with van der Waals surface area (Å²) >= 11 is 0. The lowest BCUT2D eigenvalue weighted by Crippen LogP contribution is -2.60. The van der Waals surface area contributed by atoms with E-state index in [0.29, 0.717) is 0 Å². The minimum Gasteiger partial charge on any atom is -0.394 e. The molecule has 21 heavy (non-hydrogen) atoms. The van der Waals surface area contributed by atoms with Crippen LogP contribution in [0.2, 0.25) is 0 Å². The van der Waals surface area contributed by atoms with Gasteiger partial charge in [0, 0.05) is 0 Å². The van der Waals surface area contributed by atoms with E-state index in [4.69, 9.17) is 24.8 Å². The average molecular weight is 314 g/mol. The summed E-state index contributed by atoms with van der Waals surface area (Å²) in [7, 11) is 0. The minimum atomic E-state index is -1.70. The lowest BCUT2D eigenvalue weighted by Gasteiger charge is -2.41. The Morgan fingerprint density at radius 3 is 2.00 bits per heavy atom. The molecule has 1 heterocycles. The molecule has 126 valence electrons. The second-order valence-electron chi connectivity index (χ2n) is 4.79. The summed E-state index contributed by atoms with van der Waals surface area (Å²) in [6.07, 6.45) is -12.4. The van der Waals surface area contributed by atoms with Crippen molar-refractivity contribution in [3.63, 3.8) is 0 Å². The summed E-state index contributed by atoms with van der Waals surface area (Å²) in [6.45, 7) is -2.21. The zero-order valence-electron chi connectivity index (χ0n) is 11.1. The van der Waals surface area contributed by atoms with Crippen LogP contribution in [0.25, 0.3) is 0 Å². The van der Waals surface area contributed by atoms with Crippen molar-refractivity contribution in [1.29, 1.82) is 0 Å². The molecule has 0 unspecified atom stereocenters. The predicted molar refractivity (Wildman–Crippen MR) is 64.8 cm³/mol. The molecule has 0 aromatic carbocycles. The normalized spacial score (nSPS) is 38.0. The molecular weight excluding hydrogens is 292 g/mol. The van der Waals surface area contributed by atoms with Crippen LogP contribution in [0.3, 0.4) is 0 Å². The van der Waals surface area contributed by atoms with Crippen LogP contribution in [0, 0.1) is 0 Å². The molecule has 8 N–H and O–H groups in total. The zero-order chi connectivity index (χ0) is 16.2. The van der Waals surface area contributed by atoms with E-state index in [0.717, 1.165) is 0 Å². The van der Waals surface area contributed by atoms with Crippen LogP contribution < -0.4 is 0 Å². The highest BCUT2D eigenvalue weighted by molar-refractivity contribution is 4.90. The molecule has 0 aromatic rings. The summed E-state index contributed by atoms with van der Waals surface area (Å²) < 4.78 is 10.1. The molecule has 1 aliphatic heterocycles. The Hall–Kier alpha value is -0.400. The first-order chi connectivity index (χ1) is 9.87. The largest absolute Gasteiger partial charge is 0.394 e. The SMILES string of the molecule is OC[C@@H](O)[C@@H](O)[C@H](CO)O[C@H]1O[C@H](CO)[C@@H](O)[C@H](O)[C@H]1O. The van der Waals surface area contributed by atoms with Gasteiger partial charge in [-0.2, -0.15) is 0 Å². The standard InChI is InChI=1S/C11H22O10/c12-1-4(15)7(16)5(2-13)20-11-10(19)9(18)8(17)6(3-14)21-11/h4-19H,1-3H2/t4-,5+,6-,7-,8-,9+,10-,11+/m1/s1. The van der Waals surface area contributed by atoms with Crippen molar-refractivity contribution in [2.45, 2.75) is 49.0 Å². The molecule has 1 aliphatic rings. The summed E-state index contributed by atoms with van der Waals surface area (Å²) in [5, 5.41) is 74.7. The number of hydrogen-bond donors (Lipinski definition) is 8. The molecule has 10 heteroatoms. The lowest BCUT2D eigenvalue weighted by atomic mass is 9.99. The highest BCUT2D eigenvalue weighted by Crippen LogP contribution is 2.23. The molecule has 10 nitrogen and oxygen atoms in total. The monoisotopic (exact) mass is 314 g/mol. The first kappa shape index (κ1) is 18.6. The van der Waals surface area contributed by atoms with Gasteiger partial charge in [0.2, 0.25) is 0 Å². The van der Waals surface area contributed by atoms with Crippen molar-refractivity contribution in [2.75, 3.05) is 19.8 Å². The molecule has 0 bridgehead atoms. The molecule has 8 atom stereocenters. The van der Waals surface area contributed by atoms with Gasteiger partial charge in [-0.05, 0) is 0 Å². The van der Waals surface area contributed by atoms with Gasteiger partial charge in [-0.3, -0.25) is 0 Å². The van der Waals surface area contributed by atoms with Gasteiger partial charge in [-0.15, -0.1) is 0 Å². The Morgan fingerprint density at radius 2 is 1.52 bits per heavy atom. The number of rotatable bonds is 7. The van der Waals surface area contributed by atoms with E-state index >= 15 is 0 Å². The van der Waals surface area contributed by atoms with Gasteiger partial charge in [-0.25, -0.2) is 0 Å². The van der Waals surface area contributed by atoms with Crippen LogP contribution in [0.5, 0.6) is 0 Å². The van der Waals surface area contributed by atoms with E-state index in [1.807, 2.05) is 0 Å². The van der Waals surface area contributed by atoms with Crippen LogP contribution in [0.15, 0.2) is 0 Å². The third-order valence-electron chi connectivity index (χ3n) is 3.30. The van der Waals surface area contributed by atoms with Crippen LogP contribution in [-0.4, -0.2) is 110 Å². The molecule has 1 saturated heterocycles. The number of hydrogen-bond acceptors (Lipinski definition) is 10. The van der Waals surface area contributed by atoms with Crippen LogP contribution in [0.1, 0.15) is 0 Å². The van der Waals surface area contributed by atoms with Crippen molar-refractivity contribution >= 4 is 0 Å². The Labute approximate surface area is 120 Å². The van der Waals surface area contributed by atoms with E-state index in [-0.39, 0.29) is 0 Å². The lowest BCUT2D eigenvalue weighted by molar-refractivity contribution is -0.321. The van der Waals surface area contributed by atoms with Crippen molar-refractivity contribution in [1.82, 2.24) is 0 Å². The summed E-state index contributed by atoms with van der Waals surface area (Å²) in [6, 6.07) is 0. The average Bonchev–Trinajstić information content (AvgIpc) is 2.50. The van der Waals surface area contributed by atoms with Crippen molar-refractivity contribution < 1.29 is 50.3 Å². The molecule has 1 fully saturated rings. The third-order valence-corrected chi connectivity index (χ3v) is 3.30. The van der Waals surface area contributed by atoms with Gasteiger partial charge in [0.05, 0.1) is 19.8 Å². The van der Waals surface area contributed by atoms with Gasteiger partial charge in [0.1, 0.15) is 42.7 Å². The van der Waals surface area contributed by atoms with Crippen molar-refractivity contribution in [2.24, 2.45) is 0 Å². The Morgan fingerprint density at radius 1 is 0.905 bits per heavy atom. The number of aliphatic hydroxyl groups excluding tert-OH is 8. The predicted octanol–water partition coefficient (Wildman–Crippen LogP) is -5.12. The third kappa shape index (κ3) is 4.29. The molecule has 0 aliphatic carbocycles. The molecule has 0 aromatic heterocycles. The smallest absolute Gasteiger partial charge is 0.187 e. The van der Waals surface area contributed by atoms with Crippen molar-refractivity contribution in [3.05, 3.63) is 0 Å². The molecule has 0 radical (unpaired) electrons. The highest BCUT2D eigenvalue weighted by Gasteiger charge is 2.45. The quantitative estimate of drug-likeness (QED) is 0.226. The fraction of sp³-hybridized carbons (Fsp3) is 1.00. The first-order valence-electron chi connectivity index (χ1n) is 6.41. The second-order valence-corrected chi connectivity index (χ2v) is 4.79. The van der Waals surface area contributed by atoms with Crippen LogP contribution >= 0.6 is 0 Å². The summed E-state index contributed by atoms with van der Waals surface area (Å²) in [4.78, 5) is 0. The maximum atomic E-state index is 9.73. The topological polar surface area (TPSA) is 180 Å². The zero-order valence-corrected chi connectivity index (χ0v) is 11.1. The van der Waals surface area contributed by atoms with Gasteiger partial charge in [0.15, 0.2) is 6.29 Å². The Bertz CT molecular complexity index is 301. The minimum absolute atomic E-state index is 0.656. The number of ether oxygens (including phenoxy) is 2. The number of aliphatic hydroxyl groups is 8. The molecule has 1 rings (SSSR count). The molecule has 0 spiro atoms. The van der Waals surface area contributed by atoms with Gasteiger partial charge >= 0.3 is 0 Å². The van der Waals surface area contributed by atoms with E-state index in [2.05, 4.69) is 0 Å². The highest BCUT2D eigenvalue weighted by atomic mass is 16.7.